The summed E-state index contributed by atoms with van der Waals surface area (Å²) in [7, 11) is 1.74. The Morgan fingerprint density at radius 1 is 1.43 bits per heavy atom. The van der Waals surface area contributed by atoms with Crippen LogP contribution in [0, 0.1) is 0 Å². The zero-order chi connectivity index (χ0) is 9.97. The van der Waals surface area contributed by atoms with Crippen LogP contribution in [0.1, 0.15) is 31.2 Å². The van der Waals surface area contributed by atoms with Crippen molar-refractivity contribution < 1.29 is 4.74 Å². The first-order valence-corrected chi connectivity index (χ1v) is 5.23. The SMILES string of the molecule is COc1cccc2c1C(C)CCCN2. The number of fused-ring (bicyclic) bond motifs is 1. The number of hydrogen-bond donors (Lipinski definition) is 1. The molecule has 76 valence electrons. The molecule has 2 heteroatoms. The molecule has 2 rings (SSSR count). The van der Waals surface area contributed by atoms with Crippen LogP contribution in [0.2, 0.25) is 0 Å². The van der Waals surface area contributed by atoms with Crippen molar-refractivity contribution in [1.82, 2.24) is 0 Å². The number of hydrogen-bond acceptors (Lipinski definition) is 2. The summed E-state index contributed by atoms with van der Waals surface area (Å²) in [4.78, 5) is 0. The first kappa shape index (κ1) is 9.38. The zero-order valence-electron chi connectivity index (χ0n) is 8.84. The first-order valence-electron chi connectivity index (χ1n) is 5.23. The number of methoxy groups -OCH3 is 1. The van der Waals surface area contributed by atoms with Crippen molar-refractivity contribution in [1.29, 1.82) is 0 Å². The Labute approximate surface area is 85.3 Å². The Bertz CT molecular complexity index is 322. The van der Waals surface area contributed by atoms with Crippen LogP contribution >= 0.6 is 0 Å². The van der Waals surface area contributed by atoms with E-state index in [9.17, 15) is 0 Å². The molecule has 0 saturated carbocycles. The summed E-state index contributed by atoms with van der Waals surface area (Å²) in [6.07, 6.45) is 2.47. The van der Waals surface area contributed by atoms with Crippen molar-refractivity contribution in [3.63, 3.8) is 0 Å². The van der Waals surface area contributed by atoms with Gasteiger partial charge in [0.25, 0.3) is 0 Å². The second-order valence-electron chi connectivity index (χ2n) is 3.89. The van der Waals surface area contributed by atoms with Crippen LogP contribution in [0.4, 0.5) is 5.69 Å². The molecule has 0 fully saturated rings. The molecular formula is C12H17NO. The van der Waals surface area contributed by atoms with E-state index in [1.165, 1.54) is 24.1 Å². The van der Waals surface area contributed by atoms with Gasteiger partial charge in [0.05, 0.1) is 7.11 Å². The minimum atomic E-state index is 0.594. The lowest BCUT2D eigenvalue weighted by Crippen LogP contribution is -2.01. The van der Waals surface area contributed by atoms with Crippen LogP contribution in [0.15, 0.2) is 18.2 Å². The Morgan fingerprint density at radius 3 is 3.07 bits per heavy atom. The fourth-order valence-corrected chi connectivity index (χ4v) is 2.16. The smallest absolute Gasteiger partial charge is 0.124 e. The molecule has 1 heterocycles. The quantitative estimate of drug-likeness (QED) is 0.736. The molecule has 0 aromatic heterocycles. The van der Waals surface area contributed by atoms with Crippen LogP contribution in [0.3, 0.4) is 0 Å². The van der Waals surface area contributed by atoms with Crippen LogP contribution in [0.5, 0.6) is 5.75 Å². The molecule has 1 N–H and O–H groups in total. The number of ether oxygens (including phenoxy) is 1. The van der Waals surface area contributed by atoms with Gasteiger partial charge in [0, 0.05) is 17.8 Å². The average Bonchev–Trinajstić information content (AvgIpc) is 2.40. The molecule has 0 saturated heterocycles. The van der Waals surface area contributed by atoms with Gasteiger partial charge in [-0.3, -0.25) is 0 Å². The van der Waals surface area contributed by atoms with E-state index >= 15 is 0 Å². The summed E-state index contributed by atoms with van der Waals surface area (Å²) >= 11 is 0. The van der Waals surface area contributed by atoms with E-state index in [-0.39, 0.29) is 0 Å². The van der Waals surface area contributed by atoms with Gasteiger partial charge in [-0.1, -0.05) is 13.0 Å². The Morgan fingerprint density at radius 2 is 2.29 bits per heavy atom. The maximum absolute atomic E-state index is 5.40. The molecule has 1 atom stereocenters. The maximum atomic E-state index is 5.40. The van der Waals surface area contributed by atoms with Gasteiger partial charge in [-0.25, -0.2) is 0 Å². The van der Waals surface area contributed by atoms with Crippen molar-refractivity contribution in [2.45, 2.75) is 25.7 Å². The van der Waals surface area contributed by atoms with E-state index in [0.717, 1.165) is 12.3 Å². The number of nitrogens with one attached hydrogen (secondary N) is 1. The molecular weight excluding hydrogens is 174 g/mol. The number of benzene rings is 1. The number of anilines is 1. The molecule has 0 bridgehead atoms. The second kappa shape index (κ2) is 3.91. The minimum absolute atomic E-state index is 0.594. The van der Waals surface area contributed by atoms with Crippen LogP contribution in [0.25, 0.3) is 0 Å². The molecule has 1 aromatic rings. The van der Waals surface area contributed by atoms with Gasteiger partial charge in [-0.2, -0.15) is 0 Å². The van der Waals surface area contributed by atoms with Gasteiger partial charge in [0.1, 0.15) is 5.75 Å². The van der Waals surface area contributed by atoms with E-state index in [1.807, 2.05) is 12.1 Å². The van der Waals surface area contributed by atoms with Crippen molar-refractivity contribution >= 4 is 5.69 Å². The van der Waals surface area contributed by atoms with Gasteiger partial charge >= 0.3 is 0 Å². The van der Waals surface area contributed by atoms with Gasteiger partial charge in [0.15, 0.2) is 0 Å². The van der Waals surface area contributed by atoms with E-state index < -0.39 is 0 Å². The largest absolute Gasteiger partial charge is 0.496 e. The second-order valence-corrected chi connectivity index (χ2v) is 3.89. The highest BCUT2D eigenvalue weighted by molar-refractivity contribution is 5.59. The summed E-state index contributed by atoms with van der Waals surface area (Å²) in [5.41, 5.74) is 2.59. The third kappa shape index (κ3) is 1.57. The van der Waals surface area contributed by atoms with Crippen LogP contribution < -0.4 is 10.1 Å². The number of rotatable bonds is 1. The van der Waals surface area contributed by atoms with Gasteiger partial charge in [-0.15, -0.1) is 0 Å². The molecule has 1 aromatic carbocycles. The summed E-state index contributed by atoms with van der Waals surface area (Å²) in [5, 5.41) is 3.45. The van der Waals surface area contributed by atoms with Crippen molar-refractivity contribution in [2.75, 3.05) is 19.0 Å². The summed E-state index contributed by atoms with van der Waals surface area (Å²) in [5.74, 6) is 1.61. The summed E-state index contributed by atoms with van der Waals surface area (Å²) in [6, 6.07) is 6.23. The summed E-state index contributed by atoms with van der Waals surface area (Å²) < 4.78 is 5.40. The predicted octanol–water partition coefficient (Wildman–Crippen LogP) is 3.00. The topological polar surface area (TPSA) is 21.3 Å². The standard InChI is InChI=1S/C12H17NO/c1-9-5-4-8-13-10-6-3-7-11(14-2)12(9)10/h3,6-7,9,13H,4-5,8H2,1-2H3. The lowest BCUT2D eigenvalue weighted by molar-refractivity contribution is 0.406. The maximum Gasteiger partial charge on any atom is 0.124 e. The average molecular weight is 191 g/mol. The van der Waals surface area contributed by atoms with Crippen molar-refractivity contribution in [3.05, 3.63) is 23.8 Å². The molecule has 1 unspecified atom stereocenters. The monoisotopic (exact) mass is 191 g/mol. The fourth-order valence-electron chi connectivity index (χ4n) is 2.16. The van der Waals surface area contributed by atoms with Crippen molar-refractivity contribution in [2.24, 2.45) is 0 Å². The van der Waals surface area contributed by atoms with Crippen LogP contribution in [-0.2, 0) is 0 Å². The lowest BCUT2D eigenvalue weighted by atomic mass is 9.95. The lowest BCUT2D eigenvalue weighted by Gasteiger charge is -2.16. The summed E-state index contributed by atoms with van der Waals surface area (Å²) in [6.45, 7) is 3.35. The van der Waals surface area contributed by atoms with Gasteiger partial charge in [0.2, 0.25) is 0 Å². The van der Waals surface area contributed by atoms with E-state index in [2.05, 4.69) is 18.3 Å². The molecule has 14 heavy (non-hydrogen) atoms. The van der Waals surface area contributed by atoms with Crippen molar-refractivity contribution in [3.8, 4) is 5.75 Å². The molecule has 2 nitrogen and oxygen atoms in total. The molecule has 0 aliphatic carbocycles. The third-order valence-corrected chi connectivity index (χ3v) is 2.91. The van der Waals surface area contributed by atoms with Gasteiger partial charge < -0.3 is 10.1 Å². The Kier molecular flexibility index (Phi) is 2.62. The van der Waals surface area contributed by atoms with E-state index in [0.29, 0.717) is 5.92 Å². The normalized spacial score (nSPS) is 20.6. The van der Waals surface area contributed by atoms with Gasteiger partial charge in [-0.05, 0) is 30.9 Å². The fraction of sp³-hybridized carbons (Fsp3) is 0.500. The minimum Gasteiger partial charge on any atom is -0.496 e. The zero-order valence-corrected chi connectivity index (χ0v) is 8.84. The molecule has 1 aliphatic rings. The van der Waals surface area contributed by atoms with Crippen LogP contribution in [-0.4, -0.2) is 13.7 Å². The van der Waals surface area contributed by atoms with E-state index in [4.69, 9.17) is 4.74 Å². The highest BCUT2D eigenvalue weighted by Crippen LogP contribution is 2.37. The highest BCUT2D eigenvalue weighted by atomic mass is 16.5. The third-order valence-electron chi connectivity index (χ3n) is 2.91. The predicted molar refractivity (Wildman–Crippen MR) is 59.1 cm³/mol. The Hall–Kier alpha value is -1.18. The molecule has 0 radical (unpaired) electrons. The molecule has 0 spiro atoms. The molecule has 1 aliphatic heterocycles. The Balaban J connectivity index is 2.47. The highest BCUT2D eigenvalue weighted by Gasteiger charge is 2.18. The van der Waals surface area contributed by atoms with E-state index in [1.54, 1.807) is 7.11 Å². The molecule has 0 amide bonds. The first-order chi connectivity index (χ1) is 6.83.